The minimum absolute atomic E-state index is 0.191. The fraction of sp³-hybridized carbons (Fsp3) is 0.400. The molecule has 3 N–H and O–H groups in total. The number of aryl methyl sites for hydroxylation is 1. The van der Waals surface area contributed by atoms with Crippen LogP contribution in [0.4, 0.5) is 5.00 Å². The molecule has 0 aromatic carbocycles. The summed E-state index contributed by atoms with van der Waals surface area (Å²) in [5, 5.41) is 11.3. The van der Waals surface area contributed by atoms with Gasteiger partial charge in [0.2, 0.25) is 5.91 Å². The Balaban J connectivity index is 2.69. The third-order valence-corrected chi connectivity index (χ3v) is 3.32. The number of hydrogen-bond acceptors (Lipinski definition) is 4. The molecule has 5 nitrogen and oxygen atoms in total. The Labute approximate surface area is 97.5 Å². The van der Waals surface area contributed by atoms with Gasteiger partial charge in [-0.2, -0.15) is 0 Å². The standard InChI is InChI=1S/C10H14N2O3S/c1-6-3-4-16-9(6)12(2)8(13)5-7(11)10(14)15/h3-4,7H,5,11H2,1-2H3,(H,14,15). The van der Waals surface area contributed by atoms with Gasteiger partial charge in [-0.05, 0) is 23.9 Å². The van der Waals surface area contributed by atoms with E-state index in [0.717, 1.165) is 10.6 Å². The summed E-state index contributed by atoms with van der Waals surface area (Å²) in [5.74, 6) is -1.45. The Morgan fingerprint density at radius 1 is 1.62 bits per heavy atom. The fourth-order valence-corrected chi connectivity index (χ4v) is 2.15. The van der Waals surface area contributed by atoms with Gasteiger partial charge in [-0.3, -0.25) is 9.59 Å². The van der Waals surface area contributed by atoms with Crippen LogP contribution in [-0.4, -0.2) is 30.1 Å². The normalized spacial score (nSPS) is 12.2. The fourth-order valence-electron chi connectivity index (χ4n) is 1.23. The van der Waals surface area contributed by atoms with Crippen molar-refractivity contribution in [1.29, 1.82) is 0 Å². The van der Waals surface area contributed by atoms with Crippen LogP contribution in [0.3, 0.4) is 0 Å². The van der Waals surface area contributed by atoms with Crippen molar-refractivity contribution in [3.05, 3.63) is 17.0 Å². The highest BCUT2D eigenvalue weighted by Crippen LogP contribution is 2.26. The second-order valence-electron chi connectivity index (χ2n) is 3.51. The molecular formula is C10H14N2O3S. The molecule has 0 aliphatic carbocycles. The summed E-state index contributed by atoms with van der Waals surface area (Å²) < 4.78 is 0. The largest absolute Gasteiger partial charge is 0.480 e. The second-order valence-corrected chi connectivity index (χ2v) is 4.40. The van der Waals surface area contributed by atoms with Crippen molar-refractivity contribution in [2.75, 3.05) is 11.9 Å². The first-order valence-electron chi connectivity index (χ1n) is 4.72. The van der Waals surface area contributed by atoms with Crippen LogP contribution in [0.5, 0.6) is 0 Å². The average molecular weight is 242 g/mol. The van der Waals surface area contributed by atoms with Gasteiger partial charge in [0.15, 0.2) is 0 Å². The van der Waals surface area contributed by atoms with Crippen molar-refractivity contribution >= 4 is 28.2 Å². The van der Waals surface area contributed by atoms with E-state index in [1.807, 2.05) is 18.4 Å². The molecular weight excluding hydrogens is 228 g/mol. The third-order valence-electron chi connectivity index (χ3n) is 2.23. The molecule has 1 atom stereocenters. The van der Waals surface area contributed by atoms with Crippen LogP contribution in [0.25, 0.3) is 0 Å². The lowest BCUT2D eigenvalue weighted by Gasteiger charge is -2.17. The lowest BCUT2D eigenvalue weighted by Crippen LogP contribution is -2.37. The van der Waals surface area contributed by atoms with Crippen LogP contribution in [0, 0.1) is 6.92 Å². The number of hydrogen-bond donors (Lipinski definition) is 2. The van der Waals surface area contributed by atoms with Gasteiger partial charge in [0.1, 0.15) is 11.0 Å². The van der Waals surface area contributed by atoms with Crippen molar-refractivity contribution in [3.63, 3.8) is 0 Å². The minimum atomic E-state index is -1.16. The Hall–Kier alpha value is -1.40. The van der Waals surface area contributed by atoms with Crippen LogP contribution < -0.4 is 10.6 Å². The molecule has 0 saturated heterocycles. The molecule has 0 saturated carbocycles. The summed E-state index contributed by atoms with van der Waals surface area (Å²) in [6.07, 6.45) is -0.191. The van der Waals surface area contributed by atoms with E-state index in [1.54, 1.807) is 7.05 Å². The van der Waals surface area contributed by atoms with Crippen LogP contribution in [0.1, 0.15) is 12.0 Å². The Morgan fingerprint density at radius 2 is 2.25 bits per heavy atom. The maximum Gasteiger partial charge on any atom is 0.321 e. The number of rotatable bonds is 4. The van der Waals surface area contributed by atoms with E-state index in [4.69, 9.17) is 10.8 Å². The maximum absolute atomic E-state index is 11.7. The molecule has 0 radical (unpaired) electrons. The first-order chi connectivity index (χ1) is 7.43. The Bertz CT molecular complexity index is 403. The number of nitrogens with two attached hydrogens (primary N) is 1. The van der Waals surface area contributed by atoms with Gasteiger partial charge in [0.05, 0.1) is 6.42 Å². The number of amides is 1. The van der Waals surface area contributed by atoms with Crippen molar-refractivity contribution in [1.82, 2.24) is 0 Å². The molecule has 1 rings (SSSR count). The smallest absolute Gasteiger partial charge is 0.321 e. The number of carboxylic acid groups (broad SMARTS) is 1. The summed E-state index contributed by atoms with van der Waals surface area (Å²) >= 11 is 1.44. The molecule has 1 aromatic heterocycles. The zero-order valence-corrected chi connectivity index (χ0v) is 9.95. The van der Waals surface area contributed by atoms with E-state index >= 15 is 0 Å². The molecule has 0 aliphatic heterocycles. The molecule has 1 unspecified atom stereocenters. The van der Waals surface area contributed by atoms with Crippen LogP contribution in [0.15, 0.2) is 11.4 Å². The molecule has 0 spiro atoms. The highest BCUT2D eigenvalue weighted by atomic mass is 32.1. The lowest BCUT2D eigenvalue weighted by molar-refractivity contribution is -0.140. The van der Waals surface area contributed by atoms with Crippen molar-refractivity contribution in [3.8, 4) is 0 Å². The molecule has 88 valence electrons. The zero-order valence-electron chi connectivity index (χ0n) is 9.14. The molecule has 6 heteroatoms. The summed E-state index contributed by atoms with van der Waals surface area (Å²) in [4.78, 5) is 23.7. The molecule has 0 aliphatic rings. The van der Waals surface area contributed by atoms with E-state index in [0.29, 0.717) is 0 Å². The monoisotopic (exact) mass is 242 g/mol. The molecule has 1 heterocycles. The number of aliphatic carboxylic acids is 1. The van der Waals surface area contributed by atoms with Crippen molar-refractivity contribution in [2.45, 2.75) is 19.4 Å². The van der Waals surface area contributed by atoms with Crippen LogP contribution >= 0.6 is 11.3 Å². The molecule has 1 aromatic rings. The van der Waals surface area contributed by atoms with Gasteiger partial charge in [-0.25, -0.2) is 0 Å². The third kappa shape index (κ3) is 2.80. The van der Waals surface area contributed by atoms with Gasteiger partial charge in [0, 0.05) is 7.05 Å². The summed E-state index contributed by atoms with van der Waals surface area (Å²) in [5.41, 5.74) is 6.29. The summed E-state index contributed by atoms with van der Waals surface area (Å²) in [6, 6.07) is 0.760. The van der Waals surface area contributed by atoms with E-state index in [2.05, 4.69) is 0 Å². The van der Waals surface area contributed by atoms with Gasteiger partial charge in [-0.15, -0.1) is 11.3 Å². The van der Waals surface area contributed by atoms with Crippen LogP contribution in [0.2, 0.25) is 0 Å². The van der Waals surface area contributed by atoms with Crippen molar-refractivity contribution < 1.29 is 14.7 Å². The number of carboxylic acids is 1. The van der Waals surface area contributed by atoms with Gasteiger partial charge >= 0.3 is 5.97 Å². The molecule has 16 heavy (non-hydrogen) atoms. The van der Waals surface area contributed by atoms with Gasteiger partial charge < -0.3 is 15.7 Å². The predicted molar refractivity (Wildman–Crippen MR) is 62.7 cm³/mol. The first kappa shape index (κ1) is 12.7. The number of carbonyl (C=O) groups is 2. The molecule has 0 bridgehead atoms. The maximum atomic E-state index is 11.7. The van der Waals surface area contributed by atoms with E-state index in [1.165, 1.54) is 16.2 Å². The predicted octanol–water partition coefficient (Wildman–Crippen LogP) is 0.821. The highest BCUT2D eigenvalue weighted by molar-refractivity contribution is 7.14. The SMILES string of the molecule is Cc1ccsc1N(C)C(=O)CC(N)C(=O)O. The quantitative estimate of drug-likeness (QED) is 0.818. The first-order valence-corrected chi connectivity index (χ1v) is 5.60. The highest BCUT2D eigenvalue weighted by Gasteiger charge is 2.21. The van der Waals surface area contributed by atoms with Gasteiger partial charge in [-0.1, -0.05) is 0 Å². The summed E-state index contributed by atoms with van der Waals surface area (Å²) in [7, 11) is 1.62. The number of nitrogens with zero attached hydrogens (tertiary/aromatic N) is 1. The van der Waals surface area contributed by atoms with Crippen LogP contribution in [-0.2, 0) is 9.59 Å². The Morgan fingerprint density at radius 3 is 2.69 bits per heavy atom. The number of thiophene rings is 1. The van der Waals surface area contributed by atoms with E-state index in [-0.39, 0.29) is 12.3 Å². The van der Waals surface area contributed by atoms with E-state index in [9.17, 15) is 9.59 Å². The van der Waals surface area contributed by atoms with Gasteiger partial charge in [0.25, 0.3) is 0 Å². The number of carbonyl (C=O) groups excluding carboxylic acids is 1. The number of anilines is 1. The topological polar surface area (TPSA) is 83.6 Å². The average Bonchev–Trinajstić information content (AvgIpc) is 2.62. The van der Waals surface area contributed by atoms with E-state index < -0.39 is 12.0 Å². The summed E-state index contributed by atoms with van der Waals surface area (Å²) in [6.45, 7) is 1.90. The molecule has 0 fully saturated rings. The second kappa shape index (κ2) is 5.09. The Kier molecular flexibility index (Phi) is 4.03. The molecule has 1 amide bonds. The zero-order chi connectivity index (χ0) is 12.3. The lowest BCUT2D eigenvalue weighted by atomic mass is 10.2. The van der Waals surface area contributed by atoms with Crippen molar-refractivity contribution in [2.24, 2.45) is 5.73 Å². The minimum Gasteiger partial charge on any atom is -0.480 e.